The van der Waals surface area contributed by atoms with Gasteiger partial charge in [-0.1, -0.05) is 13.8 Å². The molecule has 106 valence electrons. The molecule has 0 aromatic rings. The zero-order chi connectivity index (χ0) is 13.4. The normalized spacial score (nSPS) is 18.2. The van der Waals surface area contributed by atoms with E-state index in [0.29, 0.717) is 6.61 Å². The molecular formula is C13H27N3O2. The summed E-state index contributed by atoms with van der Waals surface area (Å²) in [6.07, 6.45) is 1.27. The standard InChI is InChI=1S/C13H27N3O2/c1-12(2)3-4-15-5-7-16(8-6-15)9-10-18-13(17)11-14/h12H,3-11,14H2,1-2H3. The molecule has 2 N–H and O–H groups in total. The van der Waals surface area contributed by atoms with Gasteiger partial charge in [-0.25, -0.2) is 0 Å². The summed E-state index contributed by atoms with van der Waals surface area (Å²) in [5.41, 5.74) is 5.17. The first-order chi connectivity index (χ1) is 8.61. The van der Waals surface area contributed by atoms with Gasteiger partial charge in [0, 0.05) is 32.7 Å². The third-order valence-electron chi connectivity index (χ3n) is 3.32. The molecule has 0 atom stereocenters. The summed E-state index contributed by atoms with van der Waals surface area (Å²) in [7, 11) is 0. The van der Waals surface area contributed by atoms with Crippen LogP contribution in [0.1, 0.15) is 20.3 Å². The predicted octanol–water partition coefficient (Wildman–Crippen LogP) is 0.152. The highest BCUT2D eigenvalue weighted by Crippen LogP contribution is 2.06. The molecule has 0 bridgehead atoms. The summed E-state index contributed by atoms with van der Waals surface area (Å²) in [5, 5.41) is 0. The van der Waals surface area contributed by atoms with Crippen LogP contribution in [0.25, 0.3) is 0 Å². The van der Waals surface area contributed by atoms with Crippen molar-refractivity contribution in [1.82, 2.24) is 9.80 Å². The minimum Gasteiger partial charge on any atom is -0.463 e. The highest BCUT2D eigenvalue weighted by molar-refractivity contribution is 5.71. The van der Waals surface area contributed by atoms with Crippen LogP contribution >= 0.6 is 0 Å². The first-order valence-corrected chi connectivity index (χ1v) is 6.92. The largest absolute Gasteiger partial charge is 0.463 e. The number of hydrogen-bond acceptors (Lipinski definition) is 5. The number of carbonyl (C=O) groups is 1. The van der Waals surface area contributed by atoms with E-state index in [0.717, 1.165) is 38.6 Å². The molecule has 0 aromatic carbocycles. The molecule has 1 aliphatic heterocycles. The van der Waals surface area contributed by atoms with Gasteiger partial charge in [0.2, 0.25) is 0 Å². The molecule has 0 radical (unpaired) electrons. The highest BCUT2D eigenvalue weighted by atomic mass is 16.5. The summed E-state index contributed by atoms with van der Waals surface area (Å²) in [5.74, 6) is 0.462. The van der Waals surface area contributed by atoms with Gasteiger partial charge in [-0.15, -0.1) is 0 Å². The number of carbonyl (C=O) groups excluding carboxylic acids is 1. The van der Waals surface area contributed by atoms with Gasteiger partial charge in [0.1, 0.15) is 6.61 Å². The third kappa shape index (κ3) is 6.33. The fourth-order valence-corrected chi connectivity index (χ4v) is 2.02. The lowest BCUT2D eigenvalue weighted by Gasteiger charge is -2.34. The van der Waals surface area contributed by atoms with E-state index < -0.39 is 0 Å². The van der Waals surface area contributed by atoms with E-state index in [1.165, 1.54) is 13.0 Å². The average molecular weight is 257 g/mol. The number of rotatable bonds is 7. The Labute approximate surface area is 110 Å². The molecule has 1 saturated heterocycles. The van der Waals surface area contributed by atoms with Crippen molar-refractivity contribution < 1.29 is 9.53 Å². The second-order valence-corrected chi connectivity index (χ2v) is 5.29. The molecule has 1 heterocycles. The Morgan fingerprint density at radius 3 is 2.22 bits per heavy atom. The van der Waals surface area contributed by atoms with E-state index >= 15 is 0 Å². The first kappa shape index (κ1) is 15.4. The zero-order valence-corrected chi connectivity index (χ0v) is 11.7. The van der Waals surface area contributed by atoms with Crippen LogP contribution in [0.4, 0.5) is 0 Å². The predicted molar refractivity (Wildman–Crippen MR) is 72.3 cm³/mol. The van der Waals surface area contributed by atoms with Crippen LogP contribution in [0, 0.1) is 5.92 Å². The highest BCUT2D eigenvalue weighted by Gasteiger charge is 2.16. The SMILES string of the molecule is CC(C)CCN1CCN(CCOC(=O)CN)CC1. The smallest absolute Gasteiger partial charge is 0.319 e. The summed E-state index contributed by atoms with van der Waals surface area (Å²) in [6.45, 7) is 11.4. The van der Waals surface area contributed by atoms with E-state index in [-0.39, 0.29) is 12.5 Å². The van der Waals surface area contributed by atoms with Crippen molar-refractivity contribution in [2.24, 2.45) is 11.7 Å². The van der Waals surface area contributed by atoms with Crippen LogP contribution < -0.4 is 5.73 Å². The molecule has 5 heteroatoms. The van der Waals surface area contributed by atoms with Gasteiger partial charge in [-0.3, -0.25) is 9.69 Å². The van der Waals surface area contributed by atoms with E-state index in [1.54, 1.807) is 0 Å². The number of ether oxygens (including phenoxy) is 1. The van der Waals surface area contributed by atoms with Crippen LogP contribution in [-0.4, -0.2) is 68.2 Å². The molecule has 0 saturated carbocycles. The second kappa shape index (κ2) is 8.45. The van der Waals surface area contributed by atoms with Crippen LogP contribution in [0.15, 0.2) is 0 Å². The van der Waals surface area contributed by atoms with Crippen molar-refractivity contribution in [3.05, 3.63) is 0 Å². The number of nitrogens with zero attached hydrogens (tertiary/aromatic N) is 2. The summed E-state index contributed by atoms with van der Waals surface area (Å²) >= 11 is 0. The molecule has 1 rings (SSSR count). The Kier molecular flexibility index (Phi) is 7.23. The van der Waals surface area contributed by atoms with E-state index in [9.17, 15) is 4.79 Å². The first-order valence-electron chi connectivity index (χ1n) is 6.92. The number of piperazine rings is 1. The quantitative estimate of drug-likeness (QED) is 0.658. The second-order valence-electron chi connectivity index (χ2n) is 5.29. The molecule has 0 aromatic heterocycles. The van der Waals surface area contributed by atoms with Gasteiger partial charge in [0.05, 0.1) is 6.54 Å². The molecule has 5 nitrogen and oxygen atoms in total. The van der Waals surface area contributed by atoms with Crippen LogP contribution in [0.2, 0.25) is 0 Å². The van der Waals surface area contributed by atoms with Gasteiger partial charge in [-0.2, -0.15) is 0 Å². The number of nitrogens with two attached hydrogens (primary N) is 1. The van der Waals surface area contributed by atoms with E-state index in [4.69, 9.17) is 10.5 Å². The van der Waals surface area contributed by atoms with Crippen molar-refractivity contribution in [3.8, 4) is 0 Å². The molecule has 1 fully saturated rings. The van der Waals surface area contributed by atoms with Crippen molar-refractivity contribution in [1.29, 1.82) is 0 Å². The Morgan fingerprint density at radius 2 is 1.72 bits per heavy atom. The lowest BCUT2D eigenvalue weighted by atomic mass is 10.1. The van der Waals surface area contributed by atoms with Crippen LogP contribution in [0.5, 0.6) is 0 Å². The zero-order valence-electron chi connectivity index (χ0n) is 11.7. The lowest BCUT2D eigenvalue weighted by molar-refractivity contribution is -0.142. The summed E-state index contributed by atoms with van der Waals surface area (Å²) in [6, 6.07) is 0. The molecule has 0 spiro atoms. The van der Waals surface area contributed by atoms with E-state index in [2.05, 4.69) is 23.6 Å². The van der Waals surface area contributed by atoms with Crippen molar-refractivity contribution in [2.75, 3.05) is 52.4 Å². The molecule has 1 aliphatic rings. The van der Waals surface area contributed by atoms with Gasteiger partial charge in [-0.05, 0) is 18.9 Å². The molecule has 0 aliphatic carbocycles. The van der Waals surface area contributed by atoms with Gasteiger partial charge in [0.15, 0.2) is 0 Å². The van der Waals surface area contributed by atoms with Gasteiger partial charge in [0.25, 0.3) is 0 Å². The van der Waals surface area contributed by atoms with Gasteiger partial charge >= 0.3 is 5.97 Å². The van der Waals surface area contributed by atoms with Crippen molar-refractivity contribution >= 4 is 5.97 Å². The Hall–Kier alpha value is -0.650. The maximum Gasteiger partial charge on any atom is 0.319 e. The maximum absolute atomic E-state index is 10.9. The molecular weight excluding hydrogens is 230 g/mol. The van der Waals surface area contributed by atoms with Gasteiger partial charge < -0.3 is 15.4 Å². The molecule has 18 heavy (non-hydrogen) atoms. The topological polar surface area (TPSA) is 58.8 Å². The van der Waals surface area contributed by atoms with Crippen molar-refractivity contribution in [2.45, 2.75) is 20.3 Å². The molecule has 0 unspecified atom stereocenters. The fraction of sp³-hybridized carbons (Fsp3) is 0.923. The number of hydrogen-bond donors (Lipinski definition) is 1. The van der Waals surface area contributed by atoms with Crippen LogP contribution in [-0.2, 0) is 9.53 Å². The fourth-order valence-electron chi connectivity index (χ4n) is 2.02. The van der Waals surface area contributed by atoms with Crippen molar-refractivity contribution in [3.63, 3.8) is 0 Å². The Bertz CT molecular complexity index is 238. The average Bonchev–Trinajstić information content (AvgIpc) is 2.37. The molecule has 0 amide bonds. The van der Waals surface area contributed by atoms with E-state index in [1.807, 2.05) is 0 Å². The van der Waals surface area contributed by atoms with Crippen LogP contribution in [0.3, 0.4) is 0 Å². The maximum atomic E-state index is 10.9. The Morgan fingerprint density at radius 1 is 1.17 bits per heavy atom. The third-order valence-corrected chi connectivity index (χ3v) is 3.32. The number of esters is 1. The summed E-state index contributed by atoms with van der Waals surface area (Å²) < 4.78 is 4.98. The summed E-state index contributed by atoms with van der Waals surface area (Å²) in [4.78, 5) is 15.7. The monoisotopic (exact) mass is 257 g/mol. The minimum atomic E-state index is -0.314. The lowest BCUT2D eigenvalue weighted by Crippen LogP contribution is -2.47. The minimum absolute atomic E-state index is 0.0248. The Balaban J connectivity index is 2.06.